The van der Waals surface area contributed by atoms with Crippen LogP contribution in [0.15, 0.2) is 35.2 Å². The van der Waals surface area contributed by atoms with Crippen molar-refractivity contribution in [3.8, 4) is 0 Å². The van der Waals surface area contributed by atoms with Crippen molar-refractivity contribution in [2.24, 2.45) is 0 Å². The monoisotopic (exact) mass is 320 g/mol. The van der Waals surface area contributed by atoms with Crippen molar-refractivity contribution in [1.29, 1.82) is 0 Å². The molecule has 1 aromatic rings. The number of rotatable bonds is 6. The summed E-state index contributed by atoms with van der Waals surface area (Å²) in [5, 5.41) is 0. The van der Waals surface area contributed by atoms with Crippen LogP contribution in [-0.4, -0.2) is 53.7 Å². The number of amides is 1. The first-order chi connectivity index (χ1) is 10.6. The Morgan fingerprint density at radius 3 is 2.50 bits per heavy atom. The summed E-state index contributed by atoms with van der Waals surface area (Å²) < 4.78 is 0. The molecule has 0 N–H and O–H groups in total. The highest BCUT2D eigenvalue weighted by Gasteiger charge is 2.25. The molecule has 1 saturated heterocycles. The Morgan fingerprint density at radius 2 is 1.91 bits per heavy atom. The van der Waals surface area contributed by atoms with Crippen LogP contribution in [0.2, 0.25) is 0 Å². The third kappa shape index (κ3) is 5.03. The van der Waals surface area contributed by atoms with E-state index in [1.165, 1.54) is 4.90 Å². The SMILES string of the molecule is CC(C)N1CCC(N(C)C(=O)CCSc2ccccc2)CC1. The molecule has 0 aliphatic carbocycles. The van der Waals surface area contributed by atoms with E-state index in [2.05, 4.69) is 30.9 Å². The maximum Gasteiger partial charge on any atom is 0.223 e. The van der Waals surface area contributed by atoms with Crippen molar-refractivity contribution >= 4 is 17.7 Å². The van der Waals surface area contributed by atoms with Crippen molar-refractivity contribution in [3.05, 3.63) is 30.3 Å². The Labute approximate surface area is 139 Å². The van der Waals surface area contributed by atoms with Gasteiger partial charge in [0.05, 0.1) is 0 Å². The minimum absolute atomic E-state index is 0.284. The van der Waals surface area contributed by atoms with Gasteiger partial charge in [-0.05, 0) is 38.8 Å². The zero-order chi connectivity index (χ0) is 15.9. The lowest BCUT2D eigenvalue weighted by molar-refractivity contribution is -0.132. The fraction of sp³-hybridized carbons (Fsp3) is 0.611. The van der Waals surface area contributed by atoms with Crippen molar-refractivity contribution in [1.82, 2.24) is 9.80 Å². The lowest BCUT2D eigenvalue weighted by Crippen LogP contribution is -2.47. The molecular weight excluding hydrogens is 292 g/mol. The first kappa shape index (κ1) is 17.4. The molecule has 3 nitrogen and oxygen atoms in total. The van der Waals surface area contributed by atoms with Crippen molar-refractivity contribution in [2.75, 3.05) is 25.9 Å². The Bertz CT molecular complexity index is 455. The fourth-order valence-corrected chi connectivity index (χ4v) is 3.80. The number of hydrogen-bond acceptors (Lipinski definition) is 3. The van der Waals surface area contributed by atoms with Crippen LogP contribution in [0.3, 0.4) is 0 Å². The number of carbonyl (C=O) groups is 1. The first-order valence-corrected chi connectivity index (χ1v) is 9.24. The topological polar surface area (TPSA) is 23.6 Å². The third-order valence-corrected chi connectivity index (χ3v) is 5.51. The second-order valence-electron chi connectivity index (χ2n) is 6.28. The van der Waals surface area contributed by atoms with Gasteiger partial charge in [0.25, 0.3) is 0 Å². The number of benzene rings is 1. The molecule has 2 rings (SSSR count). The van der Waals surface area contributed by atoms with Crippen molar-refractivity contribution in [2.45, 2.75) is 50.1 Å². The number of likely N-dealkylation sites (tertiary alicyclic amines) is 1. The molecular formula is C18H28N2OS. The number of nitrogens with zero attached hydrogens (tertiary/aromatic N) is 2. The average Bonchev–Trinajstić information content (AvgIpc) is 2.55. The van der Waals surface area contributed by atoms with E-state index in [9.17, 15) is 4.79 Å². The molecule has 1 fully saturated rings. The first-order valence-electron chi connectivity index (χ1n) is 8.25. The van der Waals surface area contributed by atoms with E-state index < -0.39 is 0 Å². The van der Waals surface area contributed by atoms with Crippen LogP contribution in [0.5, 0.6) is 0 Å². The van der Waals surface area contributed by atoms with Gasteiger partial charge < -0.3 is 9.80 Å². The molecule has 4 heteroatoms. The zero-order valence-corrected chi connectivity index (χ0v) is 14.8. The summed E-state index contributed by atoms with van der Waals surface area (Å²) in [5.41, 5.74) is 0. The van der Waals surface area contributed by atoms with Gasteiger partial charge >= 0.3 is 0 Å². The van der Waals surface area contributed by atoms with Crippen LogP contribution in [0.4, 0.5) is 0 Å². The summed E-state index contributed by atoms with van der Waals surface area (Å²) in [7, 11) is 1.98. The van der Waals surface area contributed by atoms with Gasteiger partial charge in [-0.3, -0.25) is 4.79 Å². The molecule has 1 aliphatic rings. The van der Waals surface area contributed by atoms with Crippen LogP contribution < -0.4 is 0 Å². The molecule has 0 saturated carbocycles. The number of piperidine rings is 1. The molecule has 1 aromatic carbocycles. The van der Waals surface area contributed by atoms with E-state index in [0.29, 0.717) is 18.5 Å². The van der Waals surface area contributed by atoms with Gasteiger partial charge in [0.1, 0.15) is 0 Å². The van der Waals surface area contributed by atoms with E-state index in [0.717, 1.165) is 31.7 Å². The molecule has 1 heterocycles. The van der Waals surface area contributed by atoms with Crippen molar-refractivity contribution in [3.63, 3.8) is 0 Å². The zero-order valence-electron chi connectivity index (χ0n) is 14.0. The highest BCUT2D eigenvalue weighted by Crippen LogP contribution is 2.20. The standard InChI is InChI=1S/C18H28N2OS/c1-15(2)20-12-9-16(10-13-20)19(3)18(21)11-14-22-17-7-5-4-6-8-17/h4-8,15-16H,9-14H2,1-3H3. The summed E-state index contributed by atoms with van der Waals surface area (Å²) >= 11 is 1.76. The Balaban J connectivity index is 1.71. The summed E-state index contributed by atoms with van der Waals surface area (Å²) in [5.74, 6) is 1.14. The van der Waals surface area contributed by atoms with E-state index >= 15 is 0 Å². The highest BCUT2D eigenvalue weighted by atomic mass is 32.2. The summed E-state index contributed by atoms with van der Waals surface area (Å²) in [6, 6.07) is 11.3. The predicted octanol–water partition coefficient (Wildman–Crippen LogP) is 3.50. The lowest BCUT2D eigenvalue weighted by Gasteiger charge is -2.38. The molecule has 1 aliphatic heterocycles. The Hall–Kier alpha value is -1.00. The maximum atomic E-state index is 12.3. The summed E-state index contributed by atoms with van der Waals surface area (Å²) in [6.07, 6.45) is 2.83. The summed E-state index contributed by atoms with van der Waals surface area (Å²) in [6.45, 7) is 6.71. The van der Waals surface area contributed by atoms with Crippen LogP contribution in [0.1, 0.15) is 33.1 Å². The van der Waals surface area contributed by atoms with Crippen LogP contribution in [-0.2, 0) is 4.79 Å². The lowest BCUT2D eigenvalue weighted by atomic mass is 10.0. The van der Waals surface area contributed by atoms with E-state index in [1.807, 2.05) is 30.1 Å². The van der Waals surface area contributed by atoms with E-state index in [-0.39, 0.29) is 5.91 Å². The minimum Gasteiger partial charge on any atom is -0.343 e. The van der Waals surface area contributed by atoms with Gasteiger partial charge in [0.2, 0.25) is 5.91 Å². The van der Waals surface area contributed by atoms with Gasteiger partial charge in [0.15, 0.2) is 0 Å². The second-order valence-corrected chi connectivity index (χ2v) is 7.45. The van der Waals surface area contributed by atoms with Crippen LogP contribution >= 0.6 is 11.8 Å². The minimum atomic E-state index is 0.284. The Morgan fingerprint density at radius 1 is 1.27 bits per heavy atom. The van der Waals surface area contributed by atoms with Crippen molar-refractivity contribution < 1.29 is 4.79 Å². The van der Waals surface area contributed by atoms with Gasteiger partial charge in [-0.2, -0.15) is 0 Å². The van der Waals surface area contributed by atoms with Crippen LogP contribution in [0, 0.1) is 0 Å². The molecule has 1 amide bonds. The second kappa shape index (κ2) is 8.59. The van der Waals surface area contributed by atoms with Gasteiger partial charge in [-0.25, -0.2) is 0 Å². The largest absolute Gasteiger partial charge is 0.343 e. The molecule has 0 spiro atoms. The number of carbonyl (C=O) groups excluding carboxylic acids is 1. The smallest absolute Gasteiger partial charge is 0.223 e. The molecule has 0 aromatic heterocycles. The normalized spacial score (nSPS) is 16.9. The van der Waals surface area contributed by atoms with Crippen LogP contribution in [0.25, 0.3) is 0 Å². The third-order valence-electron chi connectivity index (χ3n) is 4.50. The fourth-order valence-electron chi connectivity index (χ4n) is 2.94. The molecule has 0 bridgehead atoms. The van der Waals surface area contributed by atoms with Gasteiger partial charge in [-0.1, -0.05) is 18.2 Å². The number of hydrogen-bond donors (Lipinski definition) is 0. The molecule has 0 atom stereocenters. The Kier molecular flexibility index (Phi) is 6.77. The van der Waals surface area contributed by atoms with E-state index in [4.69, 9.17) is 0 Å². The molecule has 22 heavy (non-hydrogen) atoms. The van der Waals surface area contributed by atoms with Gasteiger partial charge in [-0.15, -0.1) is 11.8 Å². The molecule has 0 unspecified atom stereocenters. The predicted molar refractivity (Wildman–Crippen MR) is 94.3 cm³/mol. The maximum absolute atomic E-state index is 12.3. The average molecular weight is 321 g/mol. The summed E-state index contributed by atoms with van der Waals surface area (Å²) in [4.78, 5) is 18.1. The molecule has 0 radical (unpaired) electrons. The van der Waals surface area contributed by atoms with E-state index in [1.54, 1.807) is 11.8 Å². The van der Waals surface area contributed by atoms with Gasteiger partial charge in [0, 0.05) is 49.3 Å². The molecule has 122 valence electrons. The quantitative estimate of drug-likeness (QED) is 0.750. The highest BCUT2D eigenvalue weighted by molar-refractivity contribution is 7.99. The number of thioether (sulfide) groups is 1.